The van der Waals surface area contributed by atoms with Crippen molar-refractivity contribution in [2.24, 2.45) is 5.92 Å². The molecular weight excluding hydrogens is 240 g/mol. The molecule has 1 heterocycles. The maximum atomic E-state index is 10.3. The third-order valence-electron chi connectivity index (χ3n) is 4.51. The molecule has 1 aliphatic carbocycles. The molecule has 0 spiro atoms. The van der Waals surface area contributed by atoms with Gasteiger partial charge >= 0.3 is 0 Å². The Morgan fingerprint density at radius 2 is 2.21 bits per heavy atom. The molecule has 1 saturated carbocycles. The summed E-state index contributed by atoms with van der Waals surface area (Å²) in [5.41, 5.74) is 0.635. The fraction of sp³-hybridized carbons (Fsp3) is 0.625. The second kappa shape index (κ2) is 4.71. The van der Waals surface area contributed by atoms with Gasteiger partial charge in [0.05, 0.1) is 13.2 Å². The van der Waals surface area contributed by atoms with E-state index in [4.69, 9.17) is 9.47 Å². The number of benzene rings is 1. The fourth-order valence-corrected chi connectivity index (χ4v) is 3.26. The zero-order chi connectivity index (χ0) is 13.5. The molecule has 3 heteroatoms. The highest BCUT2D eigenvalue weighted by atomic mass is 16.5. The summed E-state index contributed by atoms with van der Waals surface area (Å²) >= 11 is 0. The van der Waals surface area contributed by atoms with Crippen molar-refractivity contribution in [2.45, 2.75) is 50.7 Å². The predicted octanol–water partition coefficient (Wildman–Crippen LogP) is 3.46. The van der Waals surface area contributed by atoms with Gasteiger partial charge in [-0.15, -0.1) is 0 Å². The first-order valence-electron chi connectivity index (χ1n) is 7.15. The first kappa shape index (κ1) is 12.8. The molecule has 104 valence electrons. The van der Waals surface area contributed by atoms with Gasteiger partial charge < -0.3 is 14.6 Å². The van der Waals surface area contributed by atoms with E-state index in [1.807, 2.05) is 18.2 Å². The Kier molecular flexibility index (Phi) is 3.17. The molecule has 1 N–H and O–H groups in total. The first-order chi connectivity index (χ1) is 9.09. The summed E-state index contributed by atoms with van der Waals surface area (Å²) in [5.74, 6) is 2.32. The Morgan fingerprint density at radius 3 is 2.84 bits per heavy atom. The SMILES string of the molecule is COc1ccc2c(c1)OC(C)(CC1CCC1)CC2O. The molecule has 2 atom stereocenters. The molecule has 0 radical (unpaired) electrons. The summed E-state index contributed by atoms with van der Waals surface area (Å²) < 4.78 is 11.4. The van der Waals surface area contributed by atoms with Crippen LogP contribution in [-0.2, 0) is 0 Å². The Morgan fingerprint density at radius 1 is 1.42 bits per heavy atom. The minimum Gasteiger partial charge on any atom is -0.497 e. The largest absolute Gasteiger partial charge is 0.497 e. The standard InChI is InChI=1S/C16H22O3/c1-16(9-11-4-3-5-11)10-14(17)13-7-6-12(18-2)8-15(13)19-16/h6-8,11,14,17H,3-5,9-10H2,1-2H3. The van der Waals surface area contributed by atoms with Crippen molar-refractivity contribution in [3.05, 3.63) is 23.8 Å². The number of hydrogen-bond acceptors (Lipinski definition) is 3. The van der Waals surface area contributed by atoms with E-state index in [-0.39, 0.29) is 5.60 Å². The van der Waals surface area contributed by atoms with Gasteiger partial charge in [-0.05, 0) is 31.4 Å². The van der Waals surface area contributed by atoms with E-state index in [2.05, 4.69) is 6.92 Å². The molecule has 0 amide bonds. The molecule has 1 aromatic carbocycles. The van der Waals surface area contributed by atoms with E-state index < -0.39 is 6.10 Å². The smallest absolute Gasteiger partial charge is 0.129 e. The zero-order valence-electron chi connectivity index (χ0n) is 11.7. The lowest BCUT2D eigenvalue weighted by Crippen LogP contribution is -2.41. The molecular formula is C16H22O3. The fourth-order valence-electron chi connectivity index (χ4n) is 3.26. The topological polar surface area (TPSA) is 38.7 Å². The number of rotatable bonds is 3. The van der Waals surface area contributed by atoms with Gasteiger partial charge in [-0.25, -0.2) is 0 Å². The number of fused-ring (bicyclic) bond motifs is 1. The van der Waals surface area contributed by atoms with Crippen LogP contribution >= 0.6 is 0 Å². The normalized spacial score (nSPS) is 30.2. The molecule has 1 fully saturated rings. The second-order valence-electron chi connectivity index (χ2n) is 6.18. The van der Waals surface area contributed by atoms with Crippen LogP contribution in [0.3, 0.4) is 0 Å². The molecule has 3 rings (SSSR count). The van der Waals surface area contributed by atoms with Crippen molar-refractivity contribution in [2.75, 3.05) is 7.11 Å². The van der Waals surface area contributed by atoms with Gasteiger partial charge in [-0.1, -0.05) is 19.3 Å². The molecule has 2 aliphatic rings. The number of methoxy groups -OCH3 is 1. The second-order valence-corrected chi connectivity index (χ2v) is 6.18. The van der Waals surface area contributed by atoms with Crippen LogP contribution in [0.5, 0.6) is 11.5 Å². The van der Waals surface area contributed by atoms with E-state index in [1.54, 1.807) is 7.11 Å². The van der Waals surface area contributed by atoms with Crippen molar-refractivity contribution in [1.82, 2.24) is 0 Å². The van der Waals surface area contributed by atoms with Crippen molar-refractivity contribution in [3.8, 4) is 11.5 Å². The van der Waals surface area contributed by atoms with E-state index in [9.17, 15) is 5.11 Å². The highest BCUT2D eigenvalue weighted by molar-refractivity contribution is 5.43. The molecule has 1 aromatic rings. The Hall–Kier alpha value is -1.22. The van der Waals surface area contributed by atoms with Crippen LogP contribution in [0.4, 0.5) is 0 Å². The average Bonchev–Trinajstić information content (AvgIpc) is 2.33. The van der Waals surface area contributed by atoms with Gasteiger partial charge in [-0.2, -0.15) is 0 Å². The minimum absolute atomic E-state index is 0.246. The third kappa shape index (κ3) is 2.44. The maximum absolute atomic E-state index is 10.3. The summed E-state index contributed by atoms with van der Waals surface area (Å²) in [4.78, 5) is 0. The maximum Gasteiger partial charge on any atom is 0.129 e. The summed E-state index contributed by atoms with van der Waals surface area (Å²) in [6, 6.07) is 5.67. The number of aliphatic hydroxyl groups excluding tert-OH is 1. The van der Waals surface area contributed by atoms with Crippen LogP contribution in [0.15, 0.2) is 18.2 Å². The molecule has 3 nitrogen and oxygen atoms in total. The van der Waals surface area contributed by atoms with Gasteiger partial charge in [-0.3, -0.25) is 0 Å². The van der Waals surface area contributed by atoms with Crippen LogP contribution < -0.4 is 9.47 Å². The number of ether oxygens (including phenoxy) is 2. The lowest BCUT2D eigenvalue weighted by molar-refractivity contribution is -0.0249. The summed E-state index contributed by atoms with van der Waals surface area (Å²) in [6.45, 7) is 2.12. The van der Waals surface area contributed by atoms with Crippen molar-refractivity contribution in [3.63, 3.8) is 0 Å². The zero-order valence-corrected chi connectivity index (χ0v) is 11.7. The molecule has 19 heavy (non-hydrogen) atoms. The van der Waals surface area contributed by atoms with Crippen molar-refractivity contribution < 1.29 is 14.6 Å². The molecule has 2 unspecified atom stereocenters. The van der Waals surface area contributed by atoms with Crippen LogP contribution in [-0.4, -0.2) is 17.8 Å². The quantitative estimate of drug-likeness (QED) is 0.906. The van der Waals surface area contributed by atoms with Gasteiger partial charge in [0.1, 0.15) is 17.1 Å². The van der Waals surface area contributed by atoms with Crippen LogP contribution in [0.2, 0.25) is 0 Å². The molecule has 1 aliphatic heterocycles. The van der Waals surface area contributed by atoms with Gasteiger partial charge in [0.2, 0.25) is 0 Å². The number of hydrogen-bond donors (Lipinski definition) is 1. The lowest BCUT2D eigenvalue weighted by Gasteiger charge is -2.42. The highest BCUT2D eigenvalue weighted by Gasteiger charge is 2.39. The van der Waals surface area contributed by atoms with Crippen molar-refractivity contribution in [1.29, 1.82) is 0 Å². The Balaban J connectivity index is 1.84. The van der Waals surface area contributed by atoms with E-state index in [1.165, 1.54) is 19.3 Å². The van der Waals surface area contributed by atoms with Gasteiger partial charge in [0.15, 0.2) is 0 Å². The summed E-state index contributed by atoms with van der Waals surface area (Å²) in [7, 11) is 1.65. The van der Waals surface area contributed by atoms with Crippen LogP contribution in [0.1, 0.15) is 50.7 Å². The Bertz CT molecular complexity index is 467. The van der Waals surface area contributed by atoms with E-state index in [0.717, 1.165) is 29.4 Å². The summed E-state index contributed by atoms with van der Waals surface area (Å²) in [5, 5.41) is 10.3. The highest BCUT2D eigenvalue weighted by Crippen LogP contribution is 2.45. The Labute approximate surface area is 114 Å². The lowest BCUT2D eigenvalue weighted by atomic mass is 9.75. The van der Waals surface area contributed by atoms with E-state index >= 15 is 0 Å². The molecule has 0 bridgehead atoms. The predicted molar refractivity (Wildman–Crippen MR) is 73.6 cm³/mol. The molecule has 0 aromatic heterocycles. The summed E-state index contributed by atoms with van der Waals surface area (Å²) in [6.07, 6.45) is 5.25. The number of aliphatic hydroxyl groups is 1. The van der Waals surface area contributed by atoms with Gasteiger partial charge in [0, 0.05) is 18.1 Å². The third-order valence-corrected chi connectivity index (χ3v) is 4.51. The van der Waals surface area contributed by atoms with Crippen LogP contribution in [0.25, 0.3) is 0 Å². The van der Waals surface area contributed by atoms with Gasteiger partial charge in [0.25, 0.3) is 0 Å². The van der Waals surface area contributed by atoms with E-state index in [0.29, 0.717) is 6.42 Å². The average molecular weight is 262 g/mol. The van der Waals surface area contributed by atoms with Crippen molar-refractivity contribution >= 4 is 0 Å². The monoisotopic (exact) mass is 262 g/mol. The molecule has 0 saturated heterocycles. The first-order valence-corrected chi connectivity index (χ1v) is 7.15. The van der Waals surface area contributed by atoms with Crippen LogP contribution in [0, 0.1) is 5.92 Å². The minimum atomic E-state index is -0.431.